The smallest absolute Gasteiger partial charge is 0.420 e. The molecule has 0 saturated carbocycles. The van der Waals surface area contributed by atoms with Gasteiger partial charge >= 0.3 is 11.7 Å². The first-order valence-electron chi connectivity index (χ1n) is 8.47. The van der Waals surface area contributed by atoms with Crippen LogP contribution in [-0.2, 0) is 27.4 Å². The van der Waals surface area contributed by atoms with Crippen molar-refractivity contribution in [3.05, 3.63) is 70.2 Å². The molecule has 0 atom stereocenters. The molecule has 0 N–H and O–H groups in total. The fourth-order valence-electron chi connectivity index (χ4n) is 2.65. The van der Waals surface area contributed by atoms with E-state index >= 15 is 0 Å². The van der Waals surface area contributed by atoms with Gasteiger partial charge in [-0.2, -0.15) is 0 Å². The average Bonchev–Trinajstić information content (AvgIpc) is 2.97. The Balaban J connectivity index is 1.55. The summed E-state index contributed by atoms with van der Waals surface area (Å²) in [6.07, 6.45) is 0. The second-order valence-corrected chi connectivity index (χ2v) is 6.32. The van der Waals surface area contributed by atoms with E-state index in [2.05, 4.69) is 0 Å². The third kappa shape index (κ3) is 4.44. The summed E-state index contributed by atoms with van der Waals surface area (Å²) in [6, 6.07) is 14.6. The monoisotopic (exact) mass is 368 g/mol. The quantitative estimate of drug-likeness (QED) is 0.623. The third-order valence-corrected chi connectivity index (χ3v) is 4.18. The second kappa shape index (κ2) is 7.90. The molecule has 0 aliphatic rings. The zero-order valence-electron chi connectivity index (χ0n) is 15.2. The maximum Gasteiger partial charge on any atom is 0.420 e. The van der Waals surface area contributed by atoms with Crippen molar-refractivity contribution in [3.63, 3.8) is 0 Å². The molecule has 3 rings (SSSR count). The number of hydrogen-bond acceptors (Lipinski definition) is 5. The van der Waals surface area contributed by atoms with Gasteiger partial charge in [0, 0.05) is 13.6 Å². The van der Waals surface area contributed by atoms with Gasteiger partial charge in [0.15, 0.2) is 12.2 Å². The van der Waals surface area contributed by atoms with Gasteiger partial charge in [0.05, 0.1) is 5.52 Å². The molecule has 0 aliphatic heterocycles. The molecule has 0 bridgehead atoms. The molecule has 2 aromatic carbocycles. The number of amides is 1. The molecule has 140 valence electrons. The molecular formula is C20H20N2O5. The number of carbonyl (C=O) groups excluding carboxylic acids is 2. The van der Waals surface area contributed by atoms with Crippen molar-refractivity contribution >= 4 is 23.0 Å². The molecule has 1 heterocycles. The number of esters is 1. The van der Waals surface area contributed by atoms with Crippen LogP contribution >= 0.6 is 0 Å². The summed E-state index contributed by atoms with van der Waals surface area (Å²) in [5, 5.41) is 0. The number of hydrogen-bond donors (Lipinski definition) is 0. The van der Waals surface area contributed by atoms with E-state index in [0.29, 0.717) is 17.6 Å². The van der Waals surface area contributed by atoms with Crippen LogP contribution in [0.1, 0.15) is 11.1 Å². The average molecular weight is 368 g/mol. The summed E-state index contributed by atoms with van der Waals surface area (Å²) < 4.78 is 11.3. The standard InChI is InChI=1S/C20H20N2O5/c1-14-7-9-15(10-8-14)11-21(2)18(23)13-26-19(24)12-22-16-5-3-4-6-17(16)27-20(22)25/h3-10H,11-13H2,1-2H3. The highest BCUT2D eigenvalue weighted by Gasteiger charge is 2.16. The fraction of sp³-hybridized carbons (Fsp3) is 0.250. The molecule has 0 spiro atoms. The minimum absolute atomic E-state index is 0.315. The maximum atomic E-state index is 12.2. The molecular weight excluding hydrogens is 348 g/mol. The minimum Gasteiger partial charge on any atom is -0.454 e. The van der Waals surface area contributed by atoms with Gasteiger partial charge in [0.25, 0.3) is 5.91 Å². The molecule has 1 aromatic heterocycles. The van der Waals surface area contributed by atoms with Crippen molar-refractivity contribution in [1.29, 1.82) is 0 Å². The Hall–Kier alpha value is -3.35. The molecule has 7 nitrogen and oxygen atoms in total. The summed E-state index contributed by atoms with van der Waals surface area (Å²) in [5.41, 5.74) is 3.02. The van der Waals surface area contributed by atoms with E-state index in [1.807, 2.05) is 31.2 Å². The van der Waals surface area contributed by atoms with Gasteiger partial charge in [-0.1, -0.05) is 42.0 Å². The number of nitrogens with zero attached hydrogens (tertiary/aromatic N) is 2. The van der Waals surface area contributed by atoms with E-state index in [1.165, 1.54) is 9.47 Å². The Morgan fingerprint density at radius 3 is 2.56 bits per heavy atom. The number of carbonyl (C=O) groups is 2. The Morgan fingerprint density at radius 1 is 1.11 bits per heavy atom. The topological polar surface area (TPSA) is 81.8 Å². The summed E-state index contributed by atoms with van der Waals surface area (Å²) >= 11 is 0. The lowest BCUT2D eigenvalue weighted by Crippen LogP contribution is -2.32. The second-order valence-electron chi connectivity index (χ2n) is 6.32. The molecule has 27 heavy (non-hydrogen) atoms. The van der Waals surface area contributed by atoms with Crippen LogP contribution in [0.3, 0.4) is 0 Å². The lowest BCUT2D eigenvalue weighted by Gasteiger charge is -2.17. The predicted octanol–water partition coefficient (Wildman–Crippen LogP) is 2.10. The van der Waals surface area contributed by atoms with Gasteiger partial charge in [-0.05, 0) is 24.6 Å². The number of benzene rings is 2. The highest BCUT2D eigenvalue weighted by Crippen LogP contribution is 2.11. The number of likely N-dealkylation sites (N-methyl/N-ethyl adjacent to an activating group) is 1. The molecule has 0 radical (unpaired) electrons. The van der Waals surface area contributed by atoms with Crippen LogP contribution in [0.25, 0.3) is 11.1 Å². The SMILES string of the molecule is Cc1ccc(CN(C)C(=O)COC(=O)Cn2c(=O)oc3ccccc32)cc1. The Labute approximate surface area is 155 Å². The van der Waals surface area contributed by atoms with E-state index in [0.717, 1.165) is 11.1 Å². The Kier molecular flexibility index (Phi) is 5.40. The highest BCUT2D eigenvalue weighted by atomic mass is 16.5. The van der Waals surface area contributed by atoms with Crippen LogP contribution in [0.4, 0.5) is 0 Å². The van der Waals surface area contributed by atoms with Crippen molar-refractivity contribution in [1.82, 2.24) is 9.47 Å². The number of oxazole rings is 1. The fourth-order valence-corrected chi connectivity index (χ4v) is 2.65. The van der Waals surface area contributed by atoms with Crippen LogP contribution in [-0.4, -0.2) is 35.0 Å². The lowest BCUT2D eigenvalue weighted by atomic mass is 10.1. The summed E-state index contributed by atoms with van der Waals surface area (Å²) in [5.74, 6) is -1.65. The van der Waals surface area contributed by atoms with Crippen LogP contribution in [0.15, 0.2) is 57.7 Å². The molecule has 0 aliphatic carbocycles. The zero-order valence-corrected chi connectivity index (χ0v) is 15.2. The first-order valence-corrected chi connectivity index (χ1v) is 8.47. The van der Waals surface area contributed by atoms with Gasteiger partial charge < -0.3 is 14.1 Å². The zero-order chi connectivity index (χ0) is 19.4. The van der Waals surface area contributed by atoms with E-state index in [-0.39, 0.29) is 19.1 Å². The van der Waals surface area contributed by atoms with Gasteiger partial charge in [0.1, 0.15) is 6.54 Å². The molecule has 1 amide bonds. The van der Waals surface area contributed by atoms with Gasteiger partial charge in [-0.25, -0.2) is 4.79 Å². The van der Waals surface area contributed by atoms with E-state index in [9.17, 15) is 14.4 Å². The molecule has 7 heteroatoms. The minimum atomic E-state index is -0.680. The Morgan fingerprint density at radius 2 is 1.81 bits per heavy atom. The van der Waals surface area contributed by atoms with Gasteiger partial charge in [0.2, 0.25) is 0 Å². The van der Waals surface area contributed by atoms with Crippen molar-refractivity contribution in [2.75, 3.05) is 13.7 Å². The maximum absolute atomic E-state index is 12.2. The normalized spacial score (nSPS) is 10.7. The number of fused-ring (bicyclic) bond motifs is 1. The predicted molar refractivity (Wildman–Crippen MR) is 99.1 cm³/mol. The first kappa shape index (κ1) is 18.4. The number of aromatic nitrogens is 1. The number of aryl methyl sites for hydroxylation is 1. The van der Waals surface area contributed by atoms with Crippen molar-refractivity contribution in [2.24, 2.45) is 0 Å². The van der Waals surface area contributed by atoms with Crippen molar-refractivity contribution in [2.45, 2.75) is 20.0 Å². The molecule has 0 unspecified atom stereocenters. The van der Waals surface area contributed by atoms with E-state index in [4.69, 9.17) is 9.15 Å². The van der Waals surface area contributed by atoms with Crippen LogP contribution in [0, 0.1) is 6.92 Å². The number of ether oxygens (including phenoxy) is 1. The number of para-hydroxylation sites is 2. The first-order chi connectivity index (χ1) is 12.9. The van der Waals surface area contributed by atoms with Crippen LogP contribution in [0.5, 0.6) is 0 Å². The highest BCUT2D eigenvalue weighted by molar-refractivity contribution is 5.81. The van der Waals surface area contributed by atoms with Crippen molar-refractivity contribution in [3.8, 4) is 0 Å². The largest absolute Gasteiger partial charge is 0.454 e. The Bertz CT molecular complexity index is 1020. The summed E-state index contributed by atoms with van der Waals surface area (Å²) in [7, 11) is 1.64. The summed E-state index contributed by atoms with van der Waals surface area (Å²) in [6.45, 7) is 1.71. The lowest BCUT2D eigenvalue weighted by molar-refractivity contribution is -0.152. The third-order valence-electron chi connectivity index (χ3n) is 4.18. The molecule has 0 saturated heterocycles. The van der Waals surface area contributed by atoms with Gasteiger partial charge in [-0.15, -0.1) is 0 Å². The van der Waals surface area contributed by atoms with Crippen LogP contribution < -0.4 is 5.76 Å². The molecule has 3 aromatic rings. The number of rotatable bonds is 6. The van der Waals surface area contributed by atoms with Crippen LogP contribution in [0.2, 0.25) is 0 Å². The molecule has 0 fully saturated rings. The van der Waals surface area contributed by atoms with Crippen molar-refractivity contribution < 1.29 is 18.7 Å². The van der Waals surface area contributed by atoms with Gasteiger partial charge in [-0.3, -0.25) is 14.2 Å². The van der Waals surface area contributed by atoms with E-state index < -0.39 is 11.7 Å². The summed E-state index contributed by atoms with van der Waals surface area (Å²) in [4.78, 5) is 37.5. The van der Waals surface area contributed by atoms with E-state index in [1.54, 1.807) is 31.3 Å².